The van der Waals surface area contributed by atoms with Gasteiger partial charge in [-0.25, -0.2) is 8.42 Å². The summed E-state index contributed by atoms with van der Waals surface area (Å²) in [7, 11) is -3.72. The summed E-state index contributed by atoms with van der Waals surface area (Å²) in [5, 5.41) is 0. The van der Waals surface area contributed by atoms with Crippen LogP contribution in [0.1, 0.15) is 30.4 Å². The number of carbonyl (C=O) groups is 1. The third kappa shape index (κ3) is 2.60. The number of carbonyl (C=O) groups excluding carboxylic acids is 1. The lowest BCUT2D eigenvalue weighted by Gasteiger charge is -2.58. The largest absolute Gasteiger partial charge is 0.373 e. The molecule has 1 saturated carbocycles. The molecule has 5 aliphatic heterocycles. The second-order valence-corrected chi connectivity index (χ2v) is 13.1. The highest BCUT2D eigenvalue weighted by Crippen LogP contribution is 2.66. The molecule has 2 bridgehead atoms. The summed E-state index contributed by atoms with van der Waals surface area (Å²) in [5.41, 5.74) is 4.97. The number of benzene rings is 2. The monoisotopic (exact) mass is 503 g/mol. The number of nitrogens with one attached hydrogen (secondary N) is 1. The summed E-state index contributed by atoms with van der Waals surface area (Å²) in [6.07, 6.45) is 4.73. The van der Waals surface area contributed by atoms with Gasteiger partial charge in [-0.15, -0.1) is 0 Å². The first-order chi connectivity index (χ1) is 17.4. The van der Waals surface area contributed by atoms with Gasteiger partial charge in [0, 0.05) is 35.3 Å². The molecule has 0 radical (unpaired) electrons. The Hall–Kier alpha value is -2.68. The maximum atomic E-state index is 13.6. The van der Waals surface area contributed by atoms with Crippen LogP contribution in [0.5, 0.6) is 0 Å². The average Bonchev–Trinajstić information content (AvgIpc) is 3.32. The van der Waals surface area contributed by atoms with Crippen LogP contribution in [0.4, 0.5) is 11.4 Å². The van der Waals surface area contributed by atoms with Gasteiger partial charge in [-0.2, -0.15) is 0 Å². The number of fused-ring (bicyclic) bond motifs is 2. The van der Waals surface area contributed by atoms with Crippen molar-refractivity contribution in [1.82, 2.24) is 4.90 Å². The van der Waals surface area contributed by atoms with Crippen molar-refractivity contribution in [2.75, 3.05) is 29.3 Å². The fourth-order valence-corrected chi connectivity index (χ4v) is 9.59. The first kappa shape index (κ1) is 21.4. The molecule has 2 aromatic rings. The molecule has 7 nitrogen and oxygen atoms in total. The van der Waals surface area contributed by atoms with Gasteiger partial charge >= 0.3 is 0 Å². The van der Waals surface area contributed by atoms with E-state index in [1.807, 2.05) is 37.3 Å². The third-order valence-corrected chi connectivity index (χ3v) is 11.3. The maximum Gasteiger partial charge on any atom is 0.261 e. The summed E-state index contributed by atoms with van der Waals surface area (Å²) in [4.78, 5) is 18.5. The summed E-state index contributed by atoms with van der Waals surface area (Å²) in [6, 6.07) is 13.1. The minimum atomic E-state index is -3.72. The second kappa shape index (κ2) is 7.00. The lowest BCUT2D eigenvalue weighted by atomic mass is 9.53. The van der Waals surface area contributed by atoms with E-state index < -0.39 is 10.0 Å². The predicted molar refractivity (Wildman–Crippen MR) is 135 cm³/mol. The molecule has 0 aromatic heterocycles. The van der Waals surface area contributed by atoms with E-state index in [4.69, 9.17) is 4.74 Å². The van der Waals surface area contributed by atoms with Crippen molar-refractivity contribution in [3.63, 3.8) is 0 Å². The van der Waals surface area contributed by atoms with Crippen LogP contribution in [0.2, 0.25) is 0 Å². The highest BCUT2D eigenvalue weighted by atomic mass is 32.2. The standard InChI is InChI=1S/C28H29N3O4S/c1-16-2-5-19(6-3-16)36(33,34)29-18-4-7-22-21(12-18)28-9-10-30-15-17-8-11-35-23-14-25(32)31(22)27(28)26(23)20(17)13-24(28)30/h2-8,12,20,23-24,26-27,29H,9-11,13-15H2,1H3/t20-,23-,24-,26-,27-,28?/m0/s1. The van der Waals surface area contributed by atoms with E-state index in [2.05, 4.69) is 20.6 Å². The van der Waals surface area contributed by atoms with Gasteiger partial charge in [0.05, 0.1) is 30.1 Å². The van der Waals surface area contributed by atoms with Crippen LogP contribution in [-0.4, -0.2) is 57.1 Å². The Balaban J connectivity index is 1.26. The summed E-state index contributed by atoms with van der Waals surface area (Å²) < 4.78 is 35.5. The molecule has 6 aliphatic rings. The molecule has 8 heteroatoms. The molecule has 1 spiro atoms. The molecule has 6 atom stereocenters. The number of sulfonamides is 1. The van der Waals surface area contributed by atoms with Gasteiger partial charge in [-0.1, -0.05) is 29.3 Å². The lowest BCUT2D eigenvalue weighted by molar-refractivity contribution is -0.132. The minimum Gasteiger partial charge on any atom is -0.373 e. The van der Waals surface area contributed by atoms with Crippen LogP contribution >= 0.6 is 0 Å². The average molecular weight is 504 g/mol. The highest BCUT2D eigenvalue weighted by molar-refractivity contribution is 7.92. The quantitative estimate of drug-likeness (QED) is 0.651. The van der Waals surface area contributed by atoms with E-state index >= 15 is 0 Å². The van der Waals surface area contributed by atoms with E-state index in [-0.39, 0.29) is 34.3 Å². The highest BCUT2D eigenvalue weighted by Gasteiger charge is 2.71. The van der Waals surface area contributed by atoms with E-state index in [0.717, 1.165) is 42.7 Å². The number of aryl methyl sites for hydroxylation is 1. The Morgan fingerprint density at radius 3 is 2.81 bits per heavy atom. The zero-order chi connectivity index (χ0) is 24.4. The van der Waals surface area contributed by atoms with Crippen molar-refractivity contribution < 1.29 is 17.9 Å². The molecule has 3 saturated heterocycles. The Morgan fingerprint density at radius 2 is 1.97 bits per heavy atom. The zero-order valence-corrected chi connectivity index (χ0v) is 21.0. The number of anilines is 2. The number of hydrogen-bond donors (Lipinski definition) is 1. The minimum absolute atomic E-state index is 0.0451. The van der Waals surface area contributed by atoms with Crippen LogP contribution in [0.3, 0.4) is 0 Å². The molecule has 186 valence electrons. The van der Waals surface area contributed by atoms with Gasteiger partial charge in [0.1, 0.15) is 0 Å². The van der Waals surface area contributed by atoms with Crippen molar-refractivity contribution in [1.29, 1.82) is 0 Å². The normalized spacial score (nSPS) is 35.8. The van der Waals surface area contributed by atoms with Crippen molar-refractivity contribution in [3.05, 3.63) is 65.2 Å². The van der Waals surface area contributed by atoms with Crippen molar-refractivity contribution in [2.45, 2.75) is 54.7 Å². The summed E-state index contributed by atoms with van der Waals surface area (Å²) in [5.74, 6) is 0.877. The topological polar surface area (TPSA) is 79.0 Å². The fraction of sp³-hybridized carbons (Fsp3) is 0.464. The van der Waals surface area contributed by atoms with Gasteiger partial charge in [-0.05, 0) is 68.1 Å². The predicted octanol–water partition coefficient (Wildman–Crippen LogP) is 3.20. The van der Waals surface area contributed by atoms with Gasteiger partial charge < -0.3 is 9.64 Å². The van der Waals surface area contributed by atoms with Gasteiger partial charge in [0.15, 0.2) is 0 Å². The SMILES string of the molecule is Cc1ccc(S(=O)(=O)Nc2ccc3c(c2)C24CCN5CC6=CCO[C@H]7CC(=O)N3[C@H]2[C@H]7[C@H]6C[C@H]54)cc1. The van der Waals surface area contributed by atoms with Crippen LogP contribution < -0.4 is 9.62 Å². The fourth-order valence-electron chi connectivity index (χ4n) is 8.54. The Labute approximate surface area is 211 Å². The number of hydrogen-bond acceptors (Lipinski definition) is 5. The maximum absolute atomic E-state index is 13.6. The van der Waals surface area contributed by atoms with Crippen LogP contribution in [0, 0.1) is 18.8 Å². The van der Waals surface area contributed by atoms with Gasteiger partial charge in [-0.3, -0.25) is 14.4 Å². The second-order valence-electron chi connectivity index (χ2n) is 11.4. The molecule has 1 unspecified atom stereocenters. The molecule has 1 aliphatic carbocycles. The van der Waals surface area contributed by atoms with Crippen LogP contribution in [0.25, 0.3) is 0 Å². The van der Waals surface area contributed by atoms with E-state index in [0.29, 0.717) is 30.7 Å². The first-order valence-corrected chi connectivity index (χ1v) is 14.5. The molecule has 1 N–H and O–H groups in total. The number of ether oxygens (including phenoxy) is 1. The van der Waals surface area contributed by atoms with E-state index in [1.54, 1.807) is 12.1 Å². The number of amides is 1. The molecular formula is C28H29N3O4S. The first-order valence-electron chi connectivity index (χ1n) is 13.0. The molecule has 4 fully saturated rings. The summed E-state index contributed by atoms with van der Waals surface area (Å²) >= 11 is 0. The molecule has 1 amide bonds. The molecule has 36 heavy (non-hydrogen) atoms. The Kier molecular flexibility index (Phi) is 4.16. The smallest absolute Gasteiger partial charge is 0.261 e. The number of nitrogens with zero attached hydrogens (tertiary/aromatic N) is 2. The van der Waals surface area contributed by atoms with Gasteiger partial charge in [0.25, 0.3) is 10.0 Å². The zero-order valence-electron chi connectivity index (χ0n) is 20.2. The molecular weight excluding hydrogens is 474 g/mol. The van der Waals surface area contributed by atoms with Crippen LogP contribution in [0.15, 0.2) is 59.0 Å². The van der Waals surface area contributed by atoms with E-state index in [9.17, 15) is 13.2 Å². The van der Waals surface area contributed by atoms with Crippen molar-refractivity contribution in [2.24, 2.45) is 11.8 Å². The summed E-state index contributed by atoms with van der Waals surface area (Å²) in [6.45, 7) is 4.52. The molecule has 5 heterocycles. The molecule has 8 rings (SSSR count). The van der Waals surface area contributed by atoms with Crippen LogP contribution in [-0.2, 0) is 25.0 Å². The number of piperidine rings is 2. The van der Waals surface area contributed by atoms with E-state index in [1.165, 1.54) is 5.57 Å². The Morgan fingerprint density at radius 1 is 1.14 bits per heavy atom. The third-order valence-electron chi connectivity index (χ3n) is 9.89. The Bertz CT molecular complexity index is 1450. The van der Waals surface area contributed by atoms with Crippen molar-refractivity contribution in [3.8, 4) is 0 Å². The number of rotatable bonds is 3. The van der Waals surface area contributed by atoms with Gasteiger partial charge in [0.2, 0.25) is 5.91 Å². The molecule has 2 aromatic carbocycles. The van der Waals surface area contributed by atoms with Crippen molar-refractivity contribution >= 4 is 27.3 Å². The lowest BCUT2D eigenvalue weighted by Crippen LogP contribution is -2.69.